The number of carbonyl (C=O) groups is 1. The van der Waals surface area contributed by atoms with Crippen LogP contribution in [-0.2, 0) is 6.54 Å². The minimum Gasteiger partial charge on any atom is -0.346 e. The van der Waals surface area contributed by atoms with Crippen molar-refractivity contribution >= 4 is 28.6 Å². The van der Waals surface area contributed by atoms with Gasteiger partial charge in [0.05, 0.1) is 27.9 Å². The first-order valence-corrected chi connectivity index (χ1v) is 7.26. The van der Waals surface area contributed by atoms with E-state index in [1.54, 1.807) is 11.3 Å². The van der Waals surface area contributed by atoms with Crippen molar-refractivity contribution in [1.82, 2.24) is 15.3 Å². The van der Waals surface area contributed by atoms with Crippen molar-refractivity contribution in [2.24, 2.45) is 0 Å². The van der Waals surface area contributed by atoms with E-state index in [1.807, 2.05) is 27.7 Å². The highest BCUT2D eigenvalue weighted by atomic mass is 32.1. The molecule has 6 heteroatoms. The molecule has 1 N–H and O–H groups in total. The summed E-state index contributed by atoms with van der Waals surface area (Å²) in [7, 11) is 0. The van der Waals surface area contributed by atoms with Gasteiger partial charge in [0, 0.05) is 4.88 Å². The largest absolute Gasteiger partial charge is 0.346 e. The summed E-state index contributed by atoms with van der Waals surface area (Å²) in [5.74, 6) is -0.0523. The van der Waals surface area contributed by atoms with Crippen molar-refractivity contribution < 1.29 is 4.79 Å². The van der Waals surface area contributed by atoms with Crippen molar-refractivity contribution in [2.75, 3.05) is 0 Å². The summed E-state index contributed by atoms with van der Waals surface area (Å²) < 4.78 is 0. The second-order valence-electron chi connectivity index (χ2n) is 4.07. The number of hydrogen-bond donors (Lipinski definition) is 1. The molecule has 0 saturated carbocycles. The number of thiazole rings is 2. The molecule has 0 aromatic carbocycles. The Morgan fingerprint density at radius 3 is 2.17 bits per heavy atom. The summed E-state index contributed by atoms with van der Waals surface area (Å²) in [6.07, 6.45) is 0. The fourth-order valence-corrected chi connectivity index (χ4v) is 3.43. The van der Waals surface area contributed by atoms with Gasteiger partial charge in [-0.05, 0) is 27.7 Å². The van der Waals surface area contributed by atoms with Crippen LogP contribution in [0.4, 0.5) is 0 Å². The van der Waals surface area contributed by atoms with Crippen LogP contribution in [0.15, 0.2) is 0 Å². The summed E-state index contributed by atoms with van der Waals surface area (Å²) in [6, 6.07) is 0. The minimum absolute atomic E-state index is 0.0523. The maximum atomic E-state index is 12.0. The van der Waals surface area contributed by atoms with Crippen molar-refractivity contribution in [3.63, 3.8) is 0 Å². The molecule has 0 atom stereocenters. The van der Waals surface area contributed by atoms with Gasteiger partial charge < -0.3 is 5.32 Å². The molecule has 1 amide bonds. The van der Waals surface area contributed by atoms with E-state index in [4.69, 9.17) is 0 Å². The molecule has 2 aromatic rings. The lowest BCUT2D eigenvalue weighted by Crippen LogP contribution is -2.22. The quantitative estimate of drug-likeness (QED) is 0.941. The number of amides is 1. The van der Waals surface area contributed by atoms with Gasteiger partial charge in [-0.2, -0.15) is 0 Å². The molecule has 0 radical (unpaired) electrons. The molecule has 0 unspecified atom stereocenters. The van der Waals surface area contributed by atoms with E-state index in [2.05, 4.69) is 15.3 Å². The van der Waals surface area contributed by atoms with Crippen molar-refractivity contribution in [3.8, 4) is 0 Å². The molecule has 0 aliphatic carbocycles. The van der Waals surface area contributed by atoms with Crippen molar-refractivity contribution in [3.05, 3.63) is 31.2 Å². The average molecular weight is 281 g/mol. The van der Waals surface area contributed by atoms with Gasteiger partial charge in [0.15, 0.2) is 0 Å². The van der Waals surface area contributed by atoms with E-state index >= 15 is 0 Å². The van der Waals surface area contributed by atoms with Gasteiger partial charge in [0.25, 0.3) is 5.91 Å². The average Bonchev–Trinajstić information content (AvgIpc) is 2.78. The Hall–Kier alpha value is -1.27. The first-order chi connectivity index (χ1) is 8.47. The van der Waals surface area contributed by atoms with Crippen LogP contribution in [0.5, 0.6) is 0 Å². The van der Waals surface area contributed by atoms with Gasteiger partial charge in [0.2, 0.25) is 0 Å². The zero-order valence-corrected chi connectivity index (χ0v) is 12.5. The Morgan fingerprint density at radius 2 is 1.67 bits per heavy atom. The molecule has 0 aliphatic rings. The smallest absolute Gasteiger partial charge is 0.263 e. The Kier molecular flexibility index (Phi) is 3.77. The van der Waals surface area contributed by atoms with Crippen LogP contribution in [0.3, 0.4) is 0 Å². The highest BCUT2D eigenvalue weighted by Crippen LogP contribution is 2.19. The summed E-state index contributed by atoms with van der Waals surface area (Å²) >= 11 is 3.05. The lowest BCUT2D eigenvalue weighted by molar-refractivity contribution is 0.0954. The normalized spacial score (nSPS) is 10.7. The number of aromatic nitrogens is 2. The van der Waals surface area contributed by atoms with Gasteiger partial charge in [0.1, 0.15) is 4.88 Å². The first kappa shape index (κ1) is 13.2. The van der Waals surface area contributed by atoms with E-state index in [9.17, 15) is 4.79 Å². The van der Waals surface area contributed by atoms with E-state index in [1.165, 1.54) is 11.3 Å². The first-order valence-electron chi connectivity index (χ1n) is 5.62. The number of hydrogen-bond acceptors (Lipinski definition) is 5. The molecule has 0 bridgehead atoms. The molecule has 2 heterocycles. The Balaban J connectivity index is 2.05. The van der Waals surface area contributed by atoms with E-state index in [0.717, 1.165) is 26.3 Å². The van der Waals surface area contributed by atoms with Crippen LogP contribution in [0.1, 0.15) is 36.0 Å². The topological polar surface area (TPSA) is 54.9 Å². The van der Waals surface area contributed by atoms with E-state index in [-0.39, 0.29) is 5.91 Å². The Labute approximate surface area is 114 Å². The molecular formula is C12H15N3OS2. The van der Waals surface area contributed by atoms with Gasteiger partial charge in [-0.15, -0.1) is 22.7 Å². The molecule has 0 aliphatic heterocycles. The standard InChI is InChI=1S/C12H15N3OS2/c1-6-10(17-8(3)14-6)5-13-12(16)11-7(2)15-9(4)18-11/h5H2,1-4H3,(H,13,16). The minimum atomic E-state index is -0.0523. The third-order valence-corrected chi connectivity index (χ3v) is 4.66. The van der Waals surface area contributed by atoms with Crippen LogP contribution >= 0.6 is 22.7 Å². The second kappa shape index (κ2) is 5.16. The monoisotopic (exact) mass is 281 g/mol. The number of nitrogens with one attached hydrogen (secondary N) is 1. The zero-order chi connectivity index (χ0) is 13.3. The third kappa shape index (κ3) is 2.76. The van der Waals surface area contributed by atoms with Crippen LogP contribution in [0.2, 0.25) is 0 Å². The number of aryl methyl sites for hydroxylation is 4. The summed E-state index contributed by atoms with van der Waals surface area (Å²) in [5, 5.41) is 4.87. The number of nitrogens with zero attached hydrogens (tertiary/aromatic N) is 2. The van der Waals surface area contributed by atoms with Crippen LogP contribution < -0.4 is 5.32 Å². The maximum absolute atomic E-state index is 12.0. The number of carbonyl (C=O) groups excluding carboxylic acids is 1. The molecular weight excluding hydrogens is 266 g/mol. The maximum Gasteiger partial charge on any atom is 0.263 e. The van der Waals surface area contributed by atoms with E-state index in [0.29, 0.717) is 11.4 Å². The van der Waals surface area contributed by atoms with Gasteiger partial charge in [-0.1, -0.05) is 0 Å². The summed E-state index contributed by atoms with van der Waals surface area (Å²) in [5.41, 5.74) is 1.79. The molecule has 2 rings (SSSR count). The lowest BCUT2D eigenvalue weighted by Gasteiger charge is -2.02. The number of rotatable bonds is 3. The fraction of sp³-hybridized carbons (Fsp3) is 0.417. The zero-order valence-electron chi connectivity index (χ0n) is 10.8. The third-order valence-electron chi connectivity index (χ3n) is 2.52. The summed E-state index contributed by atoms with van der Waals surface area (Å²) in [4.78, 5) is 22.4. The van der Waals surface area contributed by atoms with Crippen LogP contribution in [-0.4, -0.2) is 15.9 Å². The molecule has 0 spiro atoms. The highest BCUT2D eigenvalue weighted by Gasteiger charge is 2.14. The SMILES string of the molecule is Cc1nc(C)c(CNC(=O)c2sc(C)nc2C)s1. The fourth-order valence-electron chi connectivity index (χ4n) is 1.72. The lowest BCUT2D eigenvalue weighted by atomic mass is 10.3. The summed E-state index contributed by atoms with van der Waals surface area (Å²) in [6.45, 7) is 8.24. The molecule has 96 valence electrons. The van der Waals surface area contributed by atoms with Gasteiger partial charge in [-0.3, -0.25) is 4.79 Å². The molecule has 0 saturated heterocycles. The predicted molar refractivity (Wildman–Crippen MR) is 74.3 cm³/mol. The molecule has 4 nitrogen and oxygen atoms in total. The van der Waals surface area contributed by atoms with Crippen LogP contribution in [0.25, 0.3) is 0 Å². The molecule has 0 fully saturated rings. The highest BCUT2D eigenvalue weighted by molar-refractivity contribution is 7.13. The van der Waals surface area contributed by atoms with Crippen molar-refractivity contribution in [1.29, 1.82) is 0 Å². The van der Waals surface area contributed by atoms with Gasteiger partial charge >= 0.3 is 0 Å². The van der Waals surface area contributed by atoms with Crippen LogP contribution in [0, 0.1) is 27.7 Å². The molecule has 18 heavy (non-hydrogen) atoms. The predicted octanol–water partition coefficient (Wildman–Crippen LogP) is 2.76. The second-order valence-corrected chi connectivity index (χ2v) is 6.56. The van der Waals surface area contributed by atoms with E-state index < -0.39 is 0 Å². The van der Waals surface area contributed by atoms with Crippen molar-refractivity contribution in [2.45, 2.75) is 34.2 Å². The Morgan fingerprint density at radius 1 is 1.06 bits per heavy atom. The Bertz CT molecular complexity index is 586. The molecule has 2 aromatic heterocycles. The van der Waals surface area contributed by atoms with Gasteiger partial charge in [-0.25, -0.2) is 9.97 Å².